The van der Waals surface area contributed by atoms with Crippen molar-refractivity contribution in [2.75, 3.05) is 7.11 Å². The van der Waals surface area contributed by atoms with Crippen molar-refractivity contribution < 1.29 is 4.74 Å². The molecule has 106 valence electrons. The topological polar surface area (TPSA) is 47.3 Å². The standard InChI is InChI=1S/C17H22N2O/c1-20-16-8-7-13-3-2-4-14(17(13)11-16)10-15(19-18)9-12-5-6-12/h2-4,7-8,11-12,15,19H,5-6,9-10,18H2,1H3. The van der Waals surface area contributed by atoms with E-state index in [2.05, 4.69) is 35.8 Å². The van der Waals surface area contributed by atoms with E-state index in [4.69, 9.17) is 10.6 Å². The highest BCUT2D eigenvalue weighted by molar-refractivity contribution is 5.87. The number of fused-ring (bicyclic) bond motifs is 1. The SMILES string of the molecule is COc1ccc2cccc(CC(CC3CC3)NN)c2c1. The quantitative estimate of drug-likeness (QED) is 0.626. The number of hydrogen-bond acceptors (Lipinski definition) is 3. The molecule has 1 aliphatic rings. The summed E-state index contributed by atoms with van der Waals surface area (Å²) < 4.78 is 5.34. The van der Waals surface area contributed by atoms with Gasteiger partial charge in [0.25, 0.3) is 0 Å². The Bertz CT molecular complexity index is 593. The van der Waals surface area contributed by atoms with Gasteiger partial charge in [0.05, 0.1) is 7.11 Å². The highest BCUT2D eigenvalue weighted by Crippen LogP contribution is 2.34. The summed E-state index contributed by atoms with van der Waals surface area (Å²) in [5.74, 6) is 7.50. The third-order valence-corrected chi connectivity index (χ3v) is 4.20. The minimum absolute atomic E-state index is 0.360. The van der Waals surface area contributed by atoms with E-state index in [0.29, 0.717) is 6.04 Å². The van der Waals surface area contributed by atoms with Crippen LogP contribution in [0.3, 0.4) is 0 Å². The average molecular weight is 270 g/mol. The first kappa shape index (κ1) is 13.4. The Morgan fingerprint density at radius 3 is 2.85 bits per heavy atom. The largest absolute Gasteiger partial charge is 0.497 e. The first-order chi connectivity index (χ1) is 9.80. The van der Waals surface area contributed by atoms with E-state index in [1.807, 2.05) is 6.07 Å². The van der Waals surface area contributed by atoms with Crippen molar-refractivity contribution in [2.45, 2.75) is 31.7 Å². The Kier molecular flexibility index (Phi) is 3.90. The summed E-state index contributed by atoms with van der Waals surface area (Å²) in [6, 6.07) is 13.1. The van der Waals surface area contributed by atoms with E-state index in [0.717, 1.165) is 18.1 Å². The van der Waals surface area contributed by atoms with Crippen molar-refractivity contribution in [2.24, 2.45) is 11.8 Å². The third-order valence-electron chi connectivity index (χ3n) is 4.20. The van der Waals surface area contributed by atoms with Gasteiger partial charge in [0.1, 0.15) is 5.75 Å². The van der Waals surface area contributed by atoms with Crippen LogP contribution in [0, 0.1) is 5.92 Å². The Morgan fingerprint density at radius 2 is 2.15 bits per heavy atom. The zero-order chi connectivity index (χ0) is 13.9. The summed E-state index contributed by atoms with van der Waals surface area (Å²) in [7, 11) is 1.71. The van der Waals surface area contributed by atoms with Gasteiger partial charge in [-0.15, -0.1) is 0 Å². The molecule has 0 saturated heterocycles. The Labute approximate surface area is 120 Å². The lowest BCUT2D eigenvalue weighted by atomic mass is 9.96. The van der Waals surface area contributed by atoms with Gasteiger partial charge in [0.15, 0.2) is 0 Å². The molecule has 1 atom stereocenters. The molecular weight excluding hydrogens is 248 g/mol. The number of ether oxygens (including phenoxy) is 1. The fourth-order valence-electron chi connectivity index (χ4n) is 2.85. The van der Waals surface area contributed by atoms with Crippen LogP contribution in [0.5, 0.6) is 5.75 Å². The number of nitrogens with one attached hydrogen (secondary N) is 1. The molecule has 3 nitrogen and oxygen atoms in total. The summed E-state index contributed by atoms with van der Waals surface area (Å²) in [6.45, 7) is 0. The second-order valence-electron chi connectivity index (χ2n) is 5.75. The van der Waals surface area contributed by atoms with Gasteiger partial charge in [0.2, 0.25) is 0 Å². The van der Waals surface area contributed by atoms with E-state index in [-0.39, 0.29) is 0 Å². The van der Waals surface area contributed by atoms with Gasteiger partial charge in [-0.25, -0.2) is 0 Å². The highest BCUT2D eigenvalue weighted by atomic mass is 16.5. The minimum atomic E-state index is 0.360. The Morgan fingerprint density at radius 1 is 1.30 bits per heavy atom. The first-order valence-corrected chi connectivity index (χ1v) is 7.32. The van der Waals surface area contributed by atoms with E-state index in [9.17, 15) is 0 Å². The van der Waals surface area contributed by atoms with Crippen LogP contribution in [-0.4, -0.2) is 13.2 Å². The molecule has 0 aromatic heterocycles. The molecule has 0 aliphatic heterocycles. The normalized spacial score (nSPS) is 16.3. The van der Waals surface area contributed by atoms with Crippen LogP contribution in [-0.2, 0) is 6.42 Å². The second kappa shape index (κ2) is 5.81. The highest BCUT2D eigenvalue weighted by Gasteiger charge is 2.25. The molecule has 0 spiro atoms. The molecule has 1 aliphatic carbocycles. The lowest BCUT2D eigenvalue weighted by molar-refractivity contribution is 0.415. The predicted octanol–water partition coefficient (Wildman–Crippen LogP) is 3.02. The van der Waals surface area contributed by atoms with Gasteiger partial charge in [-0.2, -0.15) is 0 Å². The number of benzene rings is 2. The number of methoxy groups -OCH3 is 1. The van der Waals surface area contributed by atoms with Crippen LogP contribution in [0.15, 0.2) is 36.4 Å². The third kappa shape index (κ3) is 2.94. The molecule has 2 aromatic rings. The van der Waals surface area contributed by atoms with Crippen molar-refractivity contribution in [1.29, 1.82) is 0 Å². The molecule has 3 heteroatoms. The maximum atomic E-state index is 5.72. The van der Waals surface area contributed by atoms with Gasteiger partial charge in [-0.3, -0.25) is 11.3 Å². The van der Waals surface area contributed by atoms with Crippen molar-refractivity contribution in [3.05, 3.63) is 42.0 Å². The van der Waals surface area contributed by atoms with Gasteiger partial charge in [0, 0.05) is 6.04 Å². The predicted molar refractivity (Wildman–Crippen MR) is 82.7 cm³/mol. The van der Waals surface area contributed by atoms with Gasteiger partial charge in [-0.05, 0) is 47.2 Å². The molecule has 0 radical (unpaired) electrons. The number of hydrazine groups is 1. The second-order valence-corrected chi connectivity index (χ2v) is 5.75. The van der Waals surface area contributed by atoms with Crippen molar-refractivity contribution in [3.8, 4) is 5.75 Å². The van der Waals surface area contributed by atoms with Crippen LogP contribution < -0.4 is 16.0 Å². The molecule has 3 rings (SSSR count). The van der Waals surface area contributed by atoms with Crippen molar-refractivity contribution in [1.82, 2.24) is 5.43 Å². The molecular formula is C17H22N2O. The zero-order valence-electron chi connectivity index (χ0n) is 11.9. The number of rotatable bonds is 6. The van der Waals surface area contributed by atoms with E-state index < -0.39 is 0 Å². The Balaban J connectivity index is 1.88. The lowest BCUT2D eigenvalue weighted by Crippen LogP contribution is -2.37. The van der Waals surface area contributed by atoms with Gasteiger partial charge >= 0.3 is 0 Å². The average Bonchev–Trinajstić information content (AvgIpc) is 3.30. The number of hydrogen-bond donors (Lipinski definition) is 2. The molecule has 1 saturated carbocycles. The summed E-state index contributed by atoms with van der Waals surface area (Å²) >= 11 is 0. The molecule has 20 heavy (non-hydrogen) atoms. The van der Waals surface area contributed by atoms with E-state index in [1.165, 1.54) is 35.6 Å². The molecule has 2 aromatic carbocycles. The molecule has 1 unspecified atom stereocenters. The molecule has 0 heterocycles. The van der Waals surface area contributed by atoms with Crippen LogP contribution in [0.1, 0.15) is 24.8 Å². The smallest absolute Gasteiger partial charge is 0.119 e. The fourth-order valence-corrected chi connectivity index (χ4v) is 2.85. The maximum Gasteiger partial charge on any atom is 0.119 e. The van der Waals surface area contributed by atoms with Crippen molar-refractivity contribution in [3.63, 3.8) is 0 Å². The Hall–Kier alpha value is -1.58. The van der Waals surface area contributed by atoms with Crippen LogP contribution in [0.25, 0.3) is 10.8 Å². The van der Waals surface area contributed by atoms with Gasteiger partial charge < -0.3 is 4.74 Å². The fraction of sp³-hybridized carbons (Fsp3) is 0.412. The van der Waals surface area contributed by atoms with Gasteiger partial charge in [-0.1, -0.05) is 37.1 Å². The maximum absolute atomic E-state index is 5.72. The van der Waals surface area contributed by atoms with E-state index in [1.54, 1.807) is 7.11 Å². The van der Waals surface area contributed by atoms with Crippen LogP contribution in [0.2, 0.25) is 0 Å². The molecule has 0 amide bonds. The summed E-state index contributed by atoms with van der Waals surface area (Å²) in [6.07, 6.45) is 4.87. The summed E-state index contributed by atoms with van der Waals surface area (Å²) in [5, 5.41) is 2.52. The lowest BCUT2D eigenvalue weighted by Gasteiger charge is -2.17. The molecule has 3 N–H and O–H groups in total. The minimum Gasteiger partial charge on any atom is -0.497 e. The number of nitrogens with two attached hydrogens (primary N) is 1. The molecule has 1 fully saturated rings. The monoisotopic (exact) mass is 270 g/mol. The first-order valence-electron chi connectivity index (χ1n) is 7.32. The van der Waals surface area contributed by atoms with Crippen LogP contribution in [0.4, 0.5) is 0 Å². The zero-order valence-corrected chi connectivity index (χ0v) is 11.9. The molecule has 0 bridgehead atoms. The van der Waals surface area contributed by atoms with Crippen LogP contribution >= 0.6 is 0 Å². The summed E-state index contributed by atoms with van der Waals surface area (Å²) in [4.78, 5) is 0. The van der Waals surface area contributed by atoms with E-state index >= 15 is 0 Å². The summed E-state index contributed by atoms with van der Waals surface area (Å²) in [5.41, 5.74) is 4.32. The van der Waals surface area contributed by atoms with Crippen molar-refractivity contribution >= 4 is 10.8 Å².